The van der Waals surface area contributed by atoms with Gasteiger partial charge in [0, 0.05) is 42.3 Å². The predicted molar refractivity (Wildman–Crippen MR) is 69.7 cm³/mol. The highest BCUT2D eigenvalue weighted by Gasteiger charge is 2.06. The third-order valence-corrected chi connectivity index (χ3v) is 3.00. The van der Waals surface area contributed by atoms with Crippen LogP contribution in [0.5, 0.6) is 0 Å². The molecule has 0 saturated carbocycles. The summed E-state index contributed by atoms with van der Waals surface area (Å²) in [6, 6.07) is 8.27. The molecule has 0 saturated heterocycles. The van der Waals surface area contributed by atoms with Crippen LogP contribution < -0.4 is 0 Å². The normalized spacial score (nSPS) is 10.6. The topological polar surface area (TPSA) is 57.4 Å². The van der Waals surface area contributed by atoms with Gasteiger partial charge in [0.25, 0.3) is 0 Å². The van der Waals surface area contributed by atoms with Crippen molar-refractivity contribution < 1.29 is 0 Å². The number of aromatic nitrogens is 3. The van der Waals surface area contributed by atoms with Crippen LogP contribution in [0.4, 0.5) is 0 Å². The van der Waals surface area contributed by atoms with Gasteiger partial charge in [0.2, 0.25) is 0 Å². The van der Waals surface area contributed by atoms with E-state index in [1.807, 2.05) is 29.1 Å². The maximum atomic E-state index is 8.59. The van der Waals surface area contributed by atoms with Crippen molar-refractivity contribution in [3.05, 3.63) is 43.0 Å². The Balaban J connectivity index is 2.02. The standard InChI is InChI=1S/C14H12N4/c15-5-1-8-18-9-4-11(10-18)12-2-6-16-14-13(12)3-7-17-14/h2-4,6-7,9-10H,1,8H2,(H,16,17). The van der Waals surface area contributed by atoms with Gasteiger partial charge in [-0.3, -0.25) is 0 Å². The van der Waals surface area contributed by atoms with Crippen molar-refractivity contribution in [3.63, 3.8) is 0 Å². The van der Waals surface area contributed by atoms with E-state index in [0.29, 0.717) is 6.42 Å². The molecule has 0 atom stereocenters. The molecule has 0 aliphatic rings. The smallest absolute Gasteiger partial charge is 0.137 e. The zero-order valence-corrected chi connectivity index (χ0v) is 9.80. The Labute approximate surface area is 105 Å². The number of rotatable bonds is 3. The number of nitriles is 1. The van der Waals surface area contributed by atoms with Crippen LogP contribution in [0.2, 0.25) is 0 Å². The van der Waals surface area contributed by atoms with Crippen LogP contribution in [-0.4, -0.2) is 14.5 Å². The number of hydrogen-bond acceptors (Lipinski definition) is 2. The van der Waals surface area contributed by atoms with E-state index in [4.69, 9.17) is 5.26 Å². The first-order valence-corrected chi connectivity index (χ1v) is 5.83. The fourth-order valence-electron chi connectivity index (χ4n) is 2.13. The number of nitrogens with one attached hydrogen (secondary N) is 1. The average Bonchev–Trinajstić information content (AvgIpc) is 3.04. The van der Waals surface area contributed by atoms with Gasteiger partial charge in [0.15, 0.2) is 0 Å². The highest BCUT2D eigenvalue weighted by molar-refractivity contribution is 5.92. The monoisotopic (exact) mass is 236 g/mol. The molecule has 0 aliphatic carbocycles. The number of fused-ring (bicyclic) bond motifs is 1. The molecule has 0 fully saturated rings. The molecule has 0 unspecified atom stereocenters. The van der Waals surface area contributed by atoms with Gasteiger partial charge in [-0.25, -0.2) is 4.98 Å². The maximum Gasteiger partial charge on any atom is 0.137 e. The van der Waals surface area contributed by atoms with Crippen LogP contribution >= 0.6 is 0 Å². The molecule has 0 bridgehead atoms. The molecule has 3 aromatic heterocycles. The van der Waals surface area contributed by atoms with Crippen LogP contribution in [0.15, 0.2) is 43.0 Å². The molecule has 18 heavy (non-hydrogen) atoms. The lowest BCUT2D eigenvalue weighted by atomic mass is 10.1. The number of aryl methyl sites for hydroxylation is 1. The summed E-state index contributed by atoms with van der Waals surface area (Å²) in [5.41, 5.74) is 3.22. The number of nitrogens with zero attached hydrogens (tertiary/aromatic N) is 3. The quantitative estimate of drug-likeness (QED) is 0.760. The van der Waals surface area contributed by atoms with E-state index in [0.717, 1.165) is 28.7 Å². The molecular weight excluding hydrogens is 224 g/mol. The second kappa shape index (κ2) is 4.38. The largest absolute Gasteiger partial charge is 0.353 e. The van der Waals surface area contributed by atoms with E-state index in [2.05, 4.69) is 28.3 Å². The lowest BCUT2D eigenvalue weighted by Gasteiger charge is -2.00. The SMILES string of the molecule is N#CCCn1ccc(-c2ccnc3[nH]ccc23)c1. The Morgan fingerprint density at radius 1 is 1.33 bits per heavy atom. The minimum Gasteiger partial charge on any atom is -0.353 e. The molecule has 3 heterocycles. The minimum atomic E-state index is 0.532. The van der Waals surface area contributed by atoms with Crippen LogP contribution in [0, 0.1) is 11.3 Å². The summed E-state index contributed by atoms with van der Waals surface area (Å²) in [5, 5.41) is 9.71. The first kappa shape index (κ1) is 10.6. The lowest BCUT2D eigenvalue weighted by molar-refractivity contribution is 0.721. The molecule has 0 spiro atoms. The molecule has 0 aromatic carbocycles. The Morgan fingerprint density at radius 3 is 3.17 bits per heavy atom. The second-order valence-corrected chi connectivity index (χ2v) is 4.14. The molecule has 4 heteroatoms. The van der Waals surface area contributed by atoms with E-state index in [1.165, 1.54) is 0 Å². The number of pyridine rings is 1. The summed E-state index contributed by atoms with van der Waals surface area (Å²) in [6.45, 7) is 0.734. The van der Waals surface area contributed by atoms with Gasteiger partial charge in [-0.1, -0.05) is 0 Å². The van der Waals surface area contributed by atoms with Crippen molar-refractivity contribution in [1.29, 1.82) is 5.26 Å². The van der Waals surface area contributed by atoms with E-state index in [1.54, 1.807) is 6.20 Å². The van der Waals surface area contributed by atoms with Crippen LogP contribution in [0.3, 0.4) is 0 Å². The Bertz CT molecular complexity index is 715. The predicted octanol–water partition coefficient (Wildman–Crippen LogP) is 2.95. The summed E-state index contributed by atoms with van der Waals surface area (Å²) >= 11 is 0. The molecular formula is C14H12N4. The molecule has 3 rings (SSSR count). The molecule has 0 aliphatic heterocycles. The zero-order valence-electron chi connectivity index (χ0n) is 9.80. The van der Waals surface area contributed by atoms with Crippen molar-refractivity contribution in [2.45, 2.75) is 13.0 Å². The Hall–Kier alpha value is -2.54. The number of H-pyrrole nitrogens is 1. The third-order valence-electron chi connectivity index (χ3n) is 3.00. The second-order valence-electron chi connectivity index (χ2n) is 4.14. The van der Waals surface area contributed by atoms with Gasteiger partial charge in [-0.2, -0.15) is 5.26 Å². The minimum absolute atomic E-state index is 0.532. The fraction of sp³-hybridized carbons (Fsp3) is 0.143. The summed E-state index contributed by atoms with van der Waals surface area (Å²) in [4.78, 5) is 7.39. The molecule has 1 N–H and O–H groups in total. The van der Waals surface area contributed by atoms with Gasteiger partial charge < -0.3 is 9.55 Å². The highest BCUT2D eigenvalue weighted by Crippen LogP contribution is 2.27. The average molecular weight is 236 g/mol. The van der Waals surface area contributed by atoms with Gasteiger partial charge in [0.05, 0.1) is 12.5 Å². The fourth-order valence-corrected chi connectivity index (χ4v) is 2.13. The van der Waals surface area contributed by atoms with Crippen molar-refractivity contribution in [2.24, 2.45) is 0 Å². The van der Waals surface area contributed by atoms with Crippen molar-refractivity contribution in [1.82, 2.24) is 14.5 Å². The Morgan fingerprint density at radius 2 is 2.28 bits per heavy atom. The van der Waals surface area contributed by atoms with Crippen LogP contribution in [0.25, 0.3) is 22.2 Å². The van der Waals surface area contributed by atoms with Gasteiger partial charge in [0.1, 0.15) is 5.65 Å². The van der Waals surface area contributed by atoms with Gasteiger partial charge in [-0.15, -0.1) is 0 Å². The maximum absolute atomic E-state index is 8.59. The highest BCUT2D eigenvalue weighted by atomic mass is 14.9. The van der Waals surface area contributed by atoms with E-state index in [9.17, 15) is 0 Å². The Kier molecular flexibility index (Phi) is 2.58. The van der Waals surface area contributed by atoms with Crippen molar-refractivity contribution in [2.75, 3.05) is 0 Å². The van der Waals surface area contributed by atoms with E-state index in [-0.39, 0.29) is 0 Å². The molecule has 88 valence electrons. The first-order chi connectivity index (χ1) is 8.88. The number of aromatic amines is 1. The zero-order chi connectivity index (χ0) is 12.4. The van der Waals surface area contributed by atoms with Crippen molar-refractivity contribution in [3.8, 4) is 17.2 Å². The summed E-state index contributed by atoms with van der Waals surface area (Å²) in [7, 11) is 0. The molecule has 0 radical (unpaired) electrons. The van der Waals surface area contributed by atoms with Gasteiger partial charge in [-0.05, 0) is 23.8 Å². The summed E-state index contributed by atoms with van der Waals surface area (Å²) < 4.78 is 2.04. The first-order valence-electron chi connectivity index (χ1n) is 5.83. The van der Waals surface area contributed by atoms with Crippen LogP contribution in [-0.2, 0) is 6.54 Å². The molecule has 4 nitrogen and oxygen atoms in total. The summed E-state index contributed by atoms with van der Waals surface area (Å²) in [6.07, 6.45) is 8.31. The van der Waals surface area contributed by atoms with Crippen molar-refractivity contribution >= 4 is 11.0 Å². The van der Waals surface area contributed by atoms with Crippen LogP contribution in [0.1, 0.15) is 6.42 Å². The van der Waals surface area contributed by atoms with Gasteiger partial charge >= 0.3 is 0 Å². The van der Waals surface area contributed by atoms with E-state index < -0.39 is 0 Å². The van der Waals surface area contributed by atoms with E-state index >= 15 is 0 Å². The summed E-state index contributed by atoms with van der Waals surface area (Å²) in [5.74, 6) is 0. The lowest BCUT2D eigenvalue weighted by Crippen LogP contribution is -1.91. The molecule has 0 amide bonds. The number of hydrogen-bond donors (Lipinski definition) is 1. The third kappa shape index (κ3) is 1.76. The molecule has 3 aromatic rings.